The normalized spacial score (nSPS) is 10.7. The summed E-state index contributed by atoms with van der Waals surface area (Å²) in [5, 5.41) is 4.02. The second-order valence-electron chi connectivity index (χ2n) is 4.74. The molecule has 0 bridgehead atoms. The molecule has 0 aliphatic carbocycles. The smallest absolute Gasteiger partial charge is 0.237 e. The van der Waals surface area contributed by atoms with Crippen LogP contribution < -0.4 is 5.73 Å². The number of rotatable bonds is 4. The molecule has 1 aromatic heterocycles. The zero-order valence-corrected chi connectivity index (χ0v) is 12.4. The lowest BCUT2D eigenvalue weighted by atomic mass is 10.1. The van der Waals surface area contributed by atoms with Crippen LogP contribution in [0, 0.1) is 6.92 Å². The Morgan fingerprint density at radius 2 is 1.95 bits per heavy atom. The van der Waals surface area contributed by atoms with Crippen molar-refractivity contribution in [3.8, 4) is 11.4 Å². The molecule has 1 heterocycles. The Kier molecular flexibility index (Phi) is 3.92. The number of anilines is 1. The minimum absolute atomic E-state index is 0.609. The van der Waals surface area contributed by atoms with Gasteiger partial charge in [0.05, 0.1) is 5.75 Å². The molecule has 4 nitrogen and oxygen atoms in total. The van der Waals surface area contributed by atoms with Crippen molar-refractivity contribution in [2.75, 3.05) is 5.73 Å². The lowest BCUT2D eigenvalue weighted by molar-refractivity contribution is 0.391. The van der Waals surface area contributed by atoms with E-state index in [0.29, 0.717) is 17.5 Å². The molecule has 3 rings (SSSR count). The molecule has 0 amide bonds. The van der Waals surface area contributed by atoms with Gasteiger partial charge in [-0.25, -0.2) is 0 Å². The Labute approximate surface area is 127 Å². The molecule has 106 valence electrons. The predicted octanol–water partition coefficient (Wildman–Crippen LogP) is 3.92. The fourth-order valence-corrected chi connectivity index (χ4v) is 2.68. The van der Waals surface area contributed by atoms with Gasteiger partial charge in [0.25, 0.3) is 0 Å². The molecule has 0 aliphatic heterocycles. The van der Waals surface area contributed by atoms with Crippen LogP contribution in [-0.4, -0.2) is 10.1 Å². The average Bonchev–Trinajstić information content (AvgIpc) is 2.95. The van der Waals surface area contributed by atoms with Crippen molar-refractivity contribution in [3.05, 3.63) is 60.0 Å². The number of hydrogen-bond acceptors (Lipinski definition) is 5. The van der Waals surface area contributed by atoms with Gasteiger partial charge >= 0.3 is 0 Å². The monoisotopic (exact) mass is 297 g/mol. The van der Waals surface area contributed by atoms with E-state index in [1.165, 1.54) is 5.56 Å². The summed E-state index contributed by atoms with van der Waals surface area (Å²) in [6, 6.07) is 15.8. The van der Waals surface area contributed by atoms with Crippen molar-refractivity contribution in [1.29, 1.82) is 0 Å². The summed E-state index contributed by atoms with van der Waals surface area (Å²) in [6.07, 6.45) is 0. The molecule has 5 heteroatoms. The number of nitrogens with two attached hydrogens (primary N) is 1. The highest BCUT2D eigenvalue weighted by molar-refractivity contribution is 7.98. The first-order chi connectivity index (χ1) is 10.2. The van der Waals surface area contributed by atoms with Gasteiger partial charge in [-0.05, 0) is 25.1 Å². The van der Waals surface area contributed by atoms with Crippen LogP contribution in [0.1, 0.15) is 11.5 Å². The third kappa shape index (κ3) is 3.44. The van der Waals surface area contributed by atoms with Crippen LogP contribution in [0.3, 0.4) is 0 Å². The third-order valence-electron chi connectivity index (χ3n) is 3.00. The molecule has 0 radical (unpaired) electrons. The molecule has 2 aromatic carbocycles. The molecule has 21 heavy (non-hydrogen) atoms. The average molecular weight is 297 g/mol. The molecule has 0 spiro atoms. The van der Waals surface area contributed by atoms with Gasteiger partial charge in [-0.3, -0.25) is 0 Å². The van der Waals surface area contributed by atoms with E-state index in [2.05, 4.69) is 10.1 Å². The Balaban J connectivity index is 1.69. The Hall–Kier alpha value is -2.27. The van der Waals surface area contributed by atoms with Gasteiger partial charge in [0, 0.05) is 16.1 Å². The lowest BCUT2D eigenvalue weighted by Gasteiger charge is -1.99. The zero-order chi connectivity index (χ0) is 14.7. The number of thioether (sulfide) groups is 1. The molecule has 0 atom stereocenters. The fourth-order valence-electron chi connectivity index (χ4n) is 1.88. The predicted molar refractivity (Wildman–Crippen MR) is 84.9 cm³/mol. The van der Waals surface area contributed by atoms with Crippen LogP contribution in [0.4, 0.5) is 5.69 Å². The van der Waals surface area contributed by atoms with Crippen molar-refractivity contribution >= 4 is 17.4 Å². The van der Waals surface area contributed by atoms with Crippen molar-refractivity contribution in [3.63, 3.8) is 0 Å². The maximum absolute atomic E-state index is 5.76. The Morgan fingerprint density at radius 3 is 2.71 bits per heavy atom. The maximum Gasteiger partial charge on any atom is 0.237 e. The zero-order valence-electron chi connectivity index (χ0n) is 11.6. The number of nitrogen functional groups attached to an aromatic ring is 1. The van der Waals surface area contributed by atoms with Gasteiger partial charge in [-0.1, -0.05) is 41.1 Å². The number of hydrogen-bond donors (Lipinski definition) is 1. The van der Waals surface area contributed by atoms with Crippen molar-refractivity contribution < 1.29 is 4.52 Å². The first-order valence-electron chi connectivity index (χ1n) is 6.59. The van der Waals surface area contributed by atoms with Gasteiger partial charge in [0.2, 0.25) is 11.7 Å². The minimum Gasteiger partial charge on any atom is -0.399 e. The van der Waals surface area contributed by atoms with Crippen molar-refractivity contribution in [2.45, 2.75) is 17.6 Å². The molecular weight excluding hydrogens is 282 g/mol. The summed E-state index contributed by atoms with van der Waals surface area (Å²) >= 11 is 1.62. The highest BCUT2D eigenvalue weighted by Crippen LogP contribution is 2.25. The molecule has 3 aromatic rings. The Morgan fingerprint density at radius 1 is 1.14 bits per heavy atom. The Bertz CT molecular complexity index is 737. The quantitative estimate of drug-likeness (QED) is 0.584. The van der Waals surface area contributed by atoms with E-state index in [1.54, 1.807) is 11.8 Å². The number of aromatic nitrogens is 2. The molecular formula is C16H15N3OS. The van der Waals surface area contributed by atoms with E-state index in [4.69, 9.17) is 10.3 Å². The SMILES string of the molecule is Cc1ccc(-c2noc(CSc3cccc(N)c3)n2)cc1. The topological polar surface area (TPSA) is 64.9 Å². The molecule has 2 N–H and O–H groups in total. The third-order valence-corrected chi connectivity index (χ3v) is 3.98. The summed E-state index contributed by atoms with van der Waals surface area (Å²) < 4.78 is 5.29. The van der Waals surface area contributed by atoms with E-state index in [9.17, 15) is 0 Å². The molecule has 0 saturated carbocycles. The second-order valence-corrected chi connectivity index (χ2v) is 5.79. The standard InChI is InChI=1S/C16H15N3OS/c1-11-5-7-12(8-6-11)16-18-15(20-19-16)10-21-14-4-2-3-13(17)9-14/h2-9H,10,17H2,1H3. The van der Waals surface area contributed by atoms with Gasteiger partial charge in [0.1, 0.15) is 0 Å². The van der Waals surface area contributed by atoms with E-state index in [-0.39, 0.29) is 0 Å². The fraction of sp³-hybridized carbons (Fsp3) is 0.125. The summed E-state index contributed by atoms with van der Waals surface area (Å²) in [6.45, 7) is 2.05. The van der Waals surface area contributed by atoms with E-state index < -0.39 is 0 Å². The summed E-state index contributed by atoms with van der Waals surface area (Å²) in [7, 11) is 0. The van der Waals surface area contributed by atoms with Crippen LogP contribution >= 0.6 is 11.8 Å². The highest BCUT2D eigenvalue weighted by atomic mass is 32.2. The van der Waals surface area contributed by atoms with E-state index >= 15 is 0 Å². The number of benzene rings is 2. The second kappa shape index (κ2) is 6.01. The van der Waals surface area contributed by atoms with Gasteiger partial charge in [-0.2, -0.15) is 4.98 Å². The molecule has 0 saturated heterocycles. The van der Waals surface area contributed by atoms with Crippen LogP contribution in [0.5, 0.6) is 0 Å². The van der Waals surface area contributed by atoms with Crippen LogP contribution in [-0.2, 0) is 5.75 Å². The van der Waals surface area contributed by atoms with Crippen LogP contribution in [0.15, 0.2) is 57.9 Å². The van der Waals surface area contributed by atoms with Crippen molar-refractivity contribution in [1.82, 2.24) is 10.1 Å². The van der Waals surface area contributed by atoms with E-state index in [0.717, 1.165) is 16.1 Å². The number of nitrogens with zero attached hydrogens (tertiary/aromatic N) is 2. The first kappa shape index (κ1) is 13.7. The van der Waals surface area contributed by atoms with Crippen molar-refractivity contribution in [2.24, 2.45) is 0 Å². The summed E-state index contributed by atoms with van der Waals surface area (Å²) in [5.41, 5.74) is 8.68. The van der Waals surface area contributed by atoms with Gasteiger partial charge < -0.3 is 10.3 Å². The summed E-state index contributed by atoms with van der Waals surface area (Å²) in [4.78, 5) is 5.51. The first-order valence-corrected chi connectivity index (χ1v) is 7.57. The van der Waals surface area contributed by atoms with E-state index in [1.807, 2.05) is 55.5 Å². The highest BCUT2D eigenvalue weighted by Gasteiger charge is 2.08. The minimum atomic E-state index is 0.609. The maximum atomic E-state index is 5.76. The molecule has 0 fully saturated rings. The largest absolute Gasteiger partial charge is 0.399 e. The van der Waals surface area contributed by atoms with Crippen LogP contribution in [0.25, 0.3) is 11.4 Å². The van der Waals surface area contributed by atoms with Gasteiger partial charge in [0.15, 0.2) is 0 Å². The lowest BCUT2D eigenvalue weighted by Crippen LogP contribution is -1.85. The summed E-state index contributed by atoms with van der Waals surface area (Å²) in [5.74, 6) is 1.86. The number of aryl methyl sites for hydroxylation is 1. The van der Waals surface area contributed by atoms with Crippen LogP contribution in [0.2, 0.25) is 0 Å². The molecule has 0 unspecified atom stereocenters. The molecule has 0 aliphatic rings. The van der Waals surface area contributed by atoms with Gasteiger partial charge in [-0.15, -0.1) is 11.8 Å².